The van der Waals surface area contributed by atoms with Crippen LogP contribution in [0.1, 0.15) is 23.6 Å². The smallest absolute Gasteiger partial charge is 0.0772 e. The average molecular weight is 307 g/mol. The van der Waals surface area contributed by atoms with Crippen molar-refractivity contribution in [1.29, 1.82) is 0 Å². The average Bonchev–Trinajstić information content (AvgIpc) is 2.85. The molecule has 3 N–H and O–H groups in total. The quantitative estimate of drug-likeness (QED) is 0.813. The van der Waals surface area contributed by atoms with E-state index in [1.54, 1.807) is 11.3 Å². The van der Waals surface area contributed by atoms with Crippen LogP contribution in [0, 0.1) is 11.8 Å². The third-order valence-electron chi connectivity index (χ3n) is 3.43. The molecule has 1 aliphatic heterocycles. The summed E-state index contributed by atoms with van der Waals surface area (Å²) in [4.78, 5) is 7.25. The highest BCUT2D eigenvalue weighted by Crippen LogP contribution is 2.18. The molecule has 1 fully saturated rings. The van der Waals surface area contributed by atoms with Gasteiger partial charge in [0.15, 0.2) is 0 Å². The second kappa shape index (κ2) is 7.39. The molecule has 0 spiro atoms. The first kappa shape index (κ1) is 16.5. The van der Waals surface area contributed by atoms with Crippen LogP contribution in [-0.2, 0) is 6.54 Å². The van der Waals surface area contributed by atoms with Crippen molar-refractivity contribution in [1.82, 2.24) is 9.80 Å². The first-order chi connectivity index (χ1) is 9.96. The highest BCUT2D eigenvalue weighted by molar-refractivity contribution is 7.12. The normalized spacial score (nSPS) is 17.5. The molecule has 0 aromatic carbocycles. The molecule has 1 aromatic rings. The van der Waals surface area contributed by atoms with Gasteiger partial charge in [-0.3, -0.25) is 9.80 Å². The van der Waals surface area contributed by atoms with E-state index in [2.05, 4.69) is 33.8 Å². The fraction of sp³-hybridized carbons (Fsp3) is 0.625. The van der Waals surface area contributed by atoms with Crippen LogP contribution in [0.25, 0.3) is 0 Å². The van der Waals surface area contributed by atoms with Gasteiger partial charge in [0, 0.05) is 44.1 Å². The Morgan fingerprint density at radius 3 is 2.52 bits per heavy atom. The largest absolute Gasteiger partial charge is 0.389 e. The van der Waals surface area contributed by atoms with Gasteiger partial charge < -0.3 is 10.8 Å². The van der Waals surface area contributed by atoms with Crippen LogP contribution in [0.15, 0.2) is 12.1 Å². The van der Waals surface area contributed by atoms with Crippen molar-refractivity contribution < 1.29 is 5.11 Å². The van der Waals surface area contributed by atoms with Crippen molar-refractivity contribution in [3.05, 3.63) is 21.9 Å². The summed E-state index contributed by atoms with van der Waals surface area (Å²) >= 11 is 1.75. The molecule has 116 valence electrons. The number of hydrogen-bond donors (Lipinski definition) is 2. The zero-order valence-electron chi connectivity index (χ0n) is 12.9. The number of hydrogen-bond acceptors (Lipinski definition) is 5. The first-order valence-electron chi connectivity index (χ1n) is 7.41. The standard InChI is InChI=1S/C16H25N3OS/c1-16(2,20)13-19-10-8-18(9-11-19)12-15-6-5-14(21-15)4-3-7-17/h5-6,20H,7-13,17H2,1-2H3. The van der Waals surface area contributed by atoms with Crippen LogP contribution in [-0.4, -0.2) is 59.8 Å². The van der Waals surface area contributed by atoms with E-state index in [4.69, 9.17) is 5.73 Å². The van der Waals surface area contributed by atoms with E-state index >= 15 is 0 Å². The predicted octanol–water partition coefficient (Wildman–Crippen LogP) is 0.947. The van der Waals surface area contributed by atoms with Crippen LogP contribution in [0.5, 0.6) is 0 Å². The molecule has 0 atom stereocenters. The van der Waals surface area contributed by atoms with E-state index in [9.17, 15) is 5.11 Å². The lowest BCUT2D eigenvalue weighted by Gasteiger charge is -2.37. The number of piperazine rings is 1. The molecule has 21 heavy (non-hydrogen) atoms. The summed E-state index contributed by atoms with van der Waals surface area (Å²) in [6, 6.07) is 4.24. The molecular formula is C16H25N3OS. The van der Waals surface area contributed by atoms with Gasteiger partial charge in [-0.25, -0.2) is 0 Å². The van der Waals surface area contributed by atoms with Crippen LogP contribution in [0.2, 0.25) is 0 Å². The zero-order valence-corrected chi connectivity index (χ0v) is 13.7. The summed E-state index contributed by atoms with van der Waals surface area (Å²) in [5.41, 5.74) is 4.78. The van der Waals surface area contributed by atoms with Crippen molar-refractivity contribution in [2.45, 2.75) is 26.0 Å². The fourth-order valence-electron chi connectivity index (χ4n) is 2.54. The Bertz CT molecular complexity index is 502. The van der Waals surface area contributed by atoms with E-state index in [0.717, 1.165) is 44.1 Å². The molecule has 0 saturated carbocycles. The number of nitrogens with two attached hydrogens (primary N) is 1. The topological polar surface area (TPSA) is 52.7 Å². The molecule has 2 rings (SSSR count). The summed E-state index contributed by atoms with van der Waals surface area (Å²) in [5.74, 6) is 5.98. The molecule has 1 aromatic heterocycles. The number of β-amino-alcohol motifs (C(OH)–C–C–N with tert-alkyl or cyclic N) is 1. The third-order valence-corrected chi connectivity index (χ3v) is 4.42. The molecule has 5 heteroatoms. The van der Waals surface area contributed by atoms with Crippen molar-refractivity contribution in [3.8, 4) is 11.8 Å². The van der Waals surface area contributed by atoms with Crippen LogP contribution < -0.4 is 5.73 Å². The Morgan fingerprint density at radius 1 is 1.24 bits per heavy atom. The summed E-state index contributed by atoms with van der Waals surface area (Å²) < 4.78 is 0. The Hall–Kier alpha value is -0.900. The number of nitrogens with zero attached hydrogens (tertiary/aromatic N) is 2. The summed E-state index contributed by atoms with van der Waals surface area (Å²) in [6.45, 7) is 10.0. The minimum Gasteiger partial charge on any atom is -0.389 e. The second-order valence-electron chi connectivity index (χ2n) is 6.14. The van der Waals surface area contributed by atoms with Crippen molar-refractivity contribution in [2.24, 2.45) is 5.73 Å². The Morgan fingerprint density at radius 2 is 1.90 bits per heavy atom. The van der Waals surface area contributed by atoms with E-state index in [-0.39, 0.29) is 0 Å². The van der Waals surface area contributed by atoms with Gasteiger partial charge in [0.1, 0.15) is 0 Å². The van der Waals surface area contributed by atoms with E-state index in [1.807, 2.05) is 13.8 Å². The van der Waals surface area contributed by atoms with Crippen molar-refractivity contribution in [3.63, 3.8) is 0 Å². The molecule has 4 nitrogen and oxygen atoms in total. The van der Waals surface area contributed by atoms with Crippen LogP contribution in [0.4, 0.5) is 0 Å². The van der Waals surface area contributed by atoms with Gasteiger partial charge in [-0.15, -0.1) is 11.3 Å². The minimum absolute atomic E-state index is 0.413. The molecule has 2 heterocycles. The van der Waals surface area contributed by atoms with Gasteiger partial charge >= 0.3 is 0 Å². The highest BCUT2D eigenvalue weighted by Gasteiger charge is 2.22. The molecule has 0 amide bonds. The van der Waals surface area contributed by atoms with Crippen molar-refractivity contribution >= 4 is 11.3 Å². The third kappa shape index (κ3) is 5.77. The molecular weight excluding hydrogens is 282 g/mol. The van der Waals surface area contributed by atoms with Crippen molar-refractivity contribution in [2.75, 3.05) is 39.3 Å². The van der Waals surface area contributed by atoms with Gasteiger partial charge in [0.05, 0.1) is 17.0 Å². The van der Waals surface area contributed by atoms with E-state index in [1.165, 1.54) is 4.88 Å². The maximum atomic E-state index is 9.87. The number of rotatable bonds is 4. The highest BCUT2D eigenvalue weighted by atomic mass is 32.1. The lowest BCUT2D eigenvalue weighted by Crippen LogP contribution is -2.50. The minimum atomic E-state index is -0.605. The van der Waals surface area contributed by atoms with Gasteiger partial charge in [-0.1, -0.05) is 11.8 Å². The number of aliphatic hydroxyl groups is 1. The number of thiophene rings is 1. The molecule has 0 radical (unpaired) electrons. The zero-order chi connectivity index (χ0) is 15.3. The molecule has 0 bridgehead atoms. The summed E-state index contributed by atoms with van der Waals surface area (Å²) in [6.07, 6.45) is 0. The lowest BCUT2D eigenvalue weighted by molar-refractivity contribution is 0.0168. The lowest BCUT2D eigenvalue weighted by atomic mass is 10.1. The Kier molecular flexibility index (Phi) is 5.80. The summed E-state index contributed by atoms with van der Waals surface area (Å²) in [7, 11) is 0. The molecule has 0 aliphatic carbocycles. The summed E-state index contributed by atoms with van der Waals surface area (Å²) in [5, 5.41) is 9.87. The van der Waals surface area contributed by atoms with Crippen LogP contribution in [0.3, 0.4) is 0 Å². The molecule has 0 unspecified atom stereocenters. The molecule has 1 aliphatic rings. The van der Waals surface area contributed by atoms with Gasteiger partial charge in [0.2, 0.25) is 0 Å². The van der Waals surface area contributed by atoms with Gasteiger partial charge in [0.25, 0.3) is 0 Å². The maximum Gasteiger partial charge on any atom is 0.0772 e. The maximum absolute atomic E-state index is 9.87. The van der Waals surface area contributed by atoms with Crippen LogP contribution >= 0.6 is 11.3 Å². The Balaban J connectivity index is 1.79. The van der Waals surface area contributed by atoms with Gasteiger partial charge in [-0.2, -0.15) is 0 Å². The fourth-order valence-corrected chi connectivity index (χ4v) is 3.47. The van der Waals surface area contributed by atoms with E-state index < -0.39 is 5.60 Å². The second-order valence-corrected chi connectivity index (χ2v) is 7.30. The van der Waals surface area contributed by atoms with Gasteiger partial charge in [-0.05, 0) is 26.0 Å². The Labute approximate surface area is 131 Å². The first-order valence-corrected chi connectivity index (χ1v) is 8.23. The van der Waals surface area contributed by atoms with E-state index in [0.29, 0.717) is 6.54 Å². The monoisotopic (exact) mass is 307 g/mol. The SMILES string of the molecule is CC(C)(O)CN1CCN(Cc2ccc(C#CCN)s2)CC1. The predicted molar refractivity (Wildman–Crippen MR) is 88.3 cm³/mol. The molecule has 1 saturated heterocycles.